The van der Waals surface area contributed by atoms with Gasteiger partial charge in [-0.1, -0.05) is 0 Å². The minimum Gasteiger partial charge on any atom is -0.243 e. The molecule has 0 N–H and O–H groups in total. The highest BCUT2D eigenvalue weighted by Crippen LogP contribution is 2.23. The SMILES string of the molecule is N#Cc1ncc(C#N)c2sncc12. The molecular weight excluding hydrogens is 184 g/mol. The number of fused-ring (bicyclic) bond motifs is 1. The molecule has 2 heterocycles. The van der Waals surface area contributed by atoms with Crippen molar-refractivity contribution in [2.24, 2.45) is 0 Å². The molecule has 0 saturated carbocycles. The maximum absolute atomic E-state index is 8.72. The predicted octanol–water partition coefficient (Wildman–Crippen LogP) is 1.43. The molecule has 5 heteroatoms. The summed E-state index contributed by atoms with van der Waals surface area (Å²) in [5.41, 5.74) is 0.791. The first-order valence-electron chi connectivity index (χ1n) is 3.40. The van der Waals surface area contributed by atoms with E-state index in [9.17, 15) is 0 Å². The number of aromatic nitrogens is 2. The average molecular weight is 186 g/mol. The van der Waals surface area contributed by atoms with Crippen LogP contribution >= 0.6 is 11.5 Å². The largest absolute Gasteiger partial charge is 0.243 e. The topological polar surface area (TPSA) is 73.4 Å². The second-order valence-corrected chi connectivity index (χ2v) is 3.11. The minimum absolute atomic E-state index is 0.322. The van der Waals surface area contributed by atoms with Gasteiger partial charge in [0, 0.05) is 6.20 Å². The Morgan fingerprint density at radius 2 is 2.08 bits per heavy atom. The Morgan fingerprint density at radius 3 is 2.77 bits per heavy atom. The molecule has 4 nitrogen and oxygen atoms in total. The van der Waals surface area contributed by atoms with E-state index in [1.54, 1.807) is 6.20 Å². The molecule has 0 unspecified atom stereocenters. The number of nitriles is 2. The van der Waals surface area contributed by atoms with E-state index in [1.807, 2.05) is 12.1 Å². The highest BCUT2D eigenvalue weighted by atomic mass is 32.1. The van der Waals surface area contributed by atoms with Gasteiger partial charge in [-0.05, 0) is 11.5 Å². The first-order chi connectivity index (χ1) is 6.36. The van der Waals surface area contributed by atoms with Gasteiger partial charge in [0.05, 0.1) is 21.8 Å². The van der Waals surface area contributed by atoms with Crippen molar-refractivity contribution in [1.29, 1.82) is 10.5 Å². The summed E-state index contributed by atoms with van der Waals surface area (Å²) in [7, 11) is 0. The van der Waals surface area contributed by atoms with Gasteiger partial charge in [0.2, 0.25) is 0 Å². The number of hydrogen-bond acceptors (Lipinski definition) is 5. The zero-order valence-corrected chi connectivity index (χ0v) is 7.17. The molecule has 60 valence electrons. The van der Waals surface area contributed by atoms with Crippen molar-refractivity contribution in [3.05, 3.63) is 23.7 Å². The van der Waals surface area contributed by atoms with Crippen molar-refractivity contribution in [3.63, 3.8) is 0 Å². The van der Waals surface area contributed by atoms with E-state index in [2.05, 4.69) is 9.36 Å². The van der Waals surface area contributed by atoms with Crippen LogP contribution in [0.4, 0.5) is 0 Å². The summed E-state index contributed by atoms with van der Waals surface area (Å²) >= 11 is 1.20. The van der Waals surface area contributed by atoms with Gasteiger partial charge in [-0.25, -0.2) is 4.98 Å². The highest BCUT2D eigenvalue weighted by molar-refractivity contribution is 7.13. The number of nitrogens with zero attached hydrogens (tertiary/aromatic N) is 4. The van der Waals surface area contributed by atoms with Crippen molar-refractivity contribution in [3.8, 4) is 12.1 Å². The first-order valence-corrected chi connectivity index (χ1v) is 4.17. The second-order valence-electron chi connectivity index (χ2n) is 2.31. The van der Waals surface area contributed by atoms with E-state index in [0.29, 0.717) is 16.6 Å². The summed E-state index contributed by atoms with van der Waals surface area (Å²) in [6.07, 6.45) is 2.96. The van der Waals surface area contributed by atoms with Crippen LogP contribution in [-0.2, 0) is 0 Å². The highest BCUT2D eigenvalue weighted by Gasteiger charge is 2.08. The van der Waals surface area contributed by atoms with Crippen LogP contribution in [0.3, 0.4) is 0 Å². The molecule has 2 rings (SSSR count). The summed E-state index contributed by atoms with van der Waals surface area (Å²) in [6.45, 7) is 0. The van der Waals surface area contributed by atoms with Gasteiger partial charge in [0.1, 0.15) is 12.1 Å². The lowest BCUT2D eigenvalue weighted by Gasteiger charge is -1.91. The van der Waals surface area contributed by atoms with Gasteiger partial charge in [-0.3, -0.25) is 0 Å². The third-order valence-electron chi connectivity index (χ3n) is 1.62. The zero-order chi connectivity index (χ0) is 9.26. The summed E-state index contributed by atoms with van der Waals surface area (Å²) in [5.74, 6) is 0. The summed E-state index contributed by atoms with van der Waals surface area (Å²) in [4.78, 5) is 3.85. The van der Waals surface area contributed by atoms with Crippen molar-refractivity contribution in [2.45, 2.75) is 0 Å². The number of pyridine rings is 1. The number of rotatable bonds is 0. The first kappa shape index (κ1) is 7.66. The van der Waals surface area contributed by atoms with Crippen molar-refractivity contribution < 1.29 is 0 Å². The summed E-state index contributed by atoms with van der Waals surface area (Å²) in [6, 6.07) is 3.96. The maximum atomic E-state index is 8.72. The molecule has 2 aromatic rings. The molecule has 0 aromatic carbocycles. The van der Waals surface area contributed by atoms with Gasteiger partial charge in [-0.2, -0.15) is 14.9 Å². The average Bonchev–Trinajstić information content (AvgIpc) is 2.64. The van der Waals surface area contributed by atoms with Gasteiger partial charge < -0.3 is 0 Å². The standard InChI is InChI=1S/C8H2N4S/c9-1-5-3-11-7(2-10)6-4-12-13-8(5)6/h3-4H. The van der Waals surface area contributed by atoms with Gasteiger partial charge in [0.25, 0.3) is 0 Å². The Bertz CT molecular complexity index is 495. The molecular formula is C8H2N4S. The van der Waals surface area contributed by atoms with Crippen LogP contribution in [0.2, 0.25) is 0 Å². The normalized spacial score (nSPS) is 9.38. The Morgan fingerprint density at radius 1 is 1.23 bits per heavy atom. The van der Waals surface area contributed by atoms with Crippen molar-refractivity contribution in [1.82, 2.24) is 9.36 Å². The molecule has 0 fully saturated rings. The van der Waals surface area contributed by atoms with Crippen LogP contribution in [0.25, 0.3) is 10.1 Å². The molecule has 13 heavy (non-hydrogen) atoms. The Labute approximate surface area is 77.8 Å². The van der Waals surface area contributed by atoms with E-state index < -0.39 is 0 Å². The minimum atomic E-state index is 0.322. The van der Waals surface area contributed by atoms with Crippen LogP contribution in [0.1, 0.15) is 11.3 Å². The lowest BCUT2D eigenvalue weighted by molar-refractivity contribution is 1.28. The van der Waals surface area contributed by atoms with E-state index in [0.717, 1.165) is 4.70 Å². The monoisotopic (exact) mass is 186 g/mol. The lowest BCUT2D eigenvalue weighted by Crippen LogP contribution is -1.84. The van der Waals surface area contributed by atoms with E-state index in [-0.39, 0.29) is 0 Å². The fourth-order valence-corrected chi connectivity index (χ4v) is 1.74. The van der Waals surface area contributed by atoms with Crippen LogP contribution in [0.15, 0.2) is 12.4 Å². The molecule has 0 saturated heterocycles. The second kappa shape index (κ2) is 2.81. The Balaban J connectivity index is 2.93. The summed E-state index contributed by atoms with van der Waals surface area (Å²) < 4.78 is 4.65. The number of hydrogen-bond donors (Lipinski definition) is 0. The van der Waals surface area contributed by atoms with Crippen molar-refractivity contribution in [2.75, 3.05) is 0 Å². The van der Waals surface area contributed by atoms with Gasteiger partial charge in [0.15, 0.2) is 5.69 Å². The van der Waals surface area contributed by atoms with Crippen LogP contribution in [-0.4, -0.2) is 9.36 Å². The van der Waals surface area contributed by atoms with Crippen molar-refractivity contribution >= 4 is 21.6 Å². The smallest absolute Gasteiger partial charge is 0.150 e. The Kier molecular flexibility index (Phi) is 1.66. The molecule has 2 aromatic heterocycles. The molecule has 0 atom stereocenters. The molecule has 0 aliphatic carbocycles. The maximum Gasteiger partial charge on any atom is 0.150 e. The molecule has 0 amide bonds. The van der Waals surface area contributed by atoms with E-state index in [1.165, 1.54) is 17.7 Å². The molecule has 0 bridgehead atoms. The van der Waals surface area contributed by atoms with E-state index in [4.69, 9.17) is 10.5 Å². The summed E-state index contributed by atoms with van der Waals surface area (Å²) in [5, 5.41) is 18.1. The van der Waals surface area contributed by atoms with Gasteiger partial charge in [-0.15, -0.1) is 0 Å². The van der Waals surface area contributed by atoms with Gasteiger partial charge >= 0.3 is 0 Å². The van der Waals surface area contributed by atoms with Crippen LogP contribution < -0.4 is 0 Å². The zero-order valence-electron chi connectivity index (χ0n) is 6.35. The van der Waals surface area contributed by atoms with E-state index >= 15 is 0 Å². The Hall–Kier alpha value is -1.98. The molecule has 0 aliphatic heterocycles. The molecule has 0 radical (unpaired) electrons. The fourth-order valence-electron chi connectivity index (χ4n) is 1.03. The quantitative estimate of drug-likeness (QED) is 0.623. The van der Waals surface area contributed by atoms with Crippen LogP contribution in [0, 0.1) is 22.7 Å². The third kappa shape index (κ3) is 1.03. The molecule has 0 aliphatic rings. The predicted molar refractivity (Wildman–Crippen MR) is 46.8 cm³/mol. The lowest BCUT2D eigenvalue weighted by atomic mass is 10.2. The molecule has 0 spiro atoms. The third-order valence-corrected chi connectivity index (χ3v) is 2.45. The fraction of sp³-hybridized carbons (Fsp3) is 0. The van der Waals surface area contributed by atoms with Crippen LogP contribution in [0.5, 0.6) is 0 Å².